The summed E-state index contributed by atoms with van der Waals surface area (Å²) in [5.74, 6) is 1.15. The third-order valence-electron chi connectivity index (χ3n) is 5.08. The molecule has 0 bridgehead atoms. The first kappa shape index (κ1) is 19.3. The second-order valence-electron chi connectivity index (χ2n) is 7.21. The molecule has 0 unspecified atom stereocenters. The van der Waals surface area contributed by atoms with Gasteiger partial charge in [0, 0.05) is 22.9 Å². The van der Waals surface area contributed by atoms with Crippen LogP contribution in [0.2, 0.25) is 0 Å². The Balaban J connectivity index is 1.61. The van der Waals surface area contributed by atoms with Crippen LogP contribution in [0, 0.1) is 12.7 Å². The van der Waals surface area contributed by atoms with Crippen molar-refractivity contribution in [3.63, 3.8) is 0 Å². The fourth-order valence-corrected chi connectivity index (χ4v) is 4.28. The van der Waals surface area contributed by atoms with Gasteiger partial charge in [-0.15, -0.1) is 11.3 Å². The van der Waals surface area contributed by atoms with Crippen molar-refractivity contribution in [1.29, 1.82) is 0 Å². The summed E-state index contributed by atoms with van der Waals surface area (Å²) in [6.45, 7) is 2.24. The molecule has 0 fully saturated rings. The third-order valence-corrected chi connectivity index (χ3v) is 5.87. The fourth-order valence-electron chi connectivity index (χ4n) is 3.56. The lowest BCUT2D eigenvalue weighted by atomic mass is 10.1. The van der Waals surface area contributed by atoms with Crippen LogP contribution in [0.25, 0.3) is 21.5 Å². The summed E-state index contributed by atoms with van der Waals surface area (Å²) in [5.41, 5.74) is 6.19. The molecule has 0 radical (unpaired) electrons. The fraction of sp³-hybridized carbons (Fsp3) is 0.0800. The van der Waals surface area contributed by atoms with E-state index < -0.39 is 0 Å². The first-order valence-electron chi connectivity index (χ1n) is 9.93. The molecule has 6 heteroatoms. The second-order valence-corrected chi connectivity index (χ2v) is 8.09. The van der Waals surface area contributed by atoms with E-state index in [1.54, 1.807) is 23.5 Å². The van der Waals surface area contributed by atoms with Gasteiger partial charge in [-0.2, -0.15) is 0 Å². The molecule has 2 aromatic heterocycles. The summed E-state index contributed by atoms with van der Waals surface area (Å²) >= 11 is 1.60. The number of hydrogen-bond donors (Lipinski definition) is 0. The average Bonchev–Trinajstić information content (AvgIpc) is 3.27. The Kier molecular flexibility index (Phi) is 5.14. The van der Waals surface area contributed by atoms with Crippen molar-refractivity contribution < 1.29 is 4.39 Å². The predicted octanol–water partition coefficient (Wildman–Crippen LogP) is 6.54. The monoisotopic (exact) mass is 426 g/mol. The van der Waals surface area contributed by atoms with E-state index in [1.807, 2.05) is 71.9 Å². The lowest BCUT2D eigenvalue weighted by molar-refractivity contribution is 0.609. The number of nitrogens with zero attached hydrogens (tertiary/aromatic N) is 4. The molecule has 0 aliphatic rings. The molecule has 5 rings (SSSR count). The number of rotatable bonds is 5. The Morgan fingerprint density at radius 2 is 1.71 bits per heavy atom. The molecule has 3 aromatic carbocycles. The maximum absolute atomic E-state index is 14.5. The van der Waals surface area contributed by atoms with Gasteiger partial charge in [0.2, 0.25) is 0 Å². The summed E-state index contributed by atoms with van der Waals surface area (Å²) in [4.78, 5) is 15.7. The van der Waals surface area contributed by atoms with Gasteiger partial charge in [-0.1, -0.05) is 42.5 Å². The summed E-state index contributed by atoms with van der Waals surface area (Å²) in [6.07, 6.45) is 0. The highest BCUT2D eigenvalue weighted by Gasteiger charge is 2.16. The van der Waals surface area contributed by atoms with E-state index in [-0.39, 0.29) is 5.82 Å². The van der Waals surface area contributed by atoms with Gasteiger partial charge in [-0.25, -0.2) is 19.3 Å². The van der Waals surface area contributed by atoms with Crippen molar-refractivity contribution in [2.75, 3.05) is 4.90 Å². The molecule has 0 saturated heterocycles. The van der Waals surface area contributed by atoms with Crippen LogP contribution in [0.5, 0.6) is 0 Å². The Hall–Kier alpha value is -3.64. The van der Waals surface area contributed by atoms with E-state index in [2.05, 4.69) is 16.0 Å². The average molecular weight is 427 g/mol. The third kappa shape index (κ3) is 4.02. The molecule has 0 spiro atoms. The van der Waals surface area contributed by atoms with Crippen LogP contribution in [0.3, 0.4) is 0 Å². The molecule has 4 nitrogen and oxygen atoms in total. The van der Waals surface area contributed by atoms with Gasteiger partial charge < -0.3 is 4.90 Å². The van der Waals surface area contributed by atoms with Gasteiger partial charge in [0.1, 0.15) is 17.5 Å². The van der Waals surface area contributed by atoms with E-state index in [9.17, 15) is 4.39 Å². The molecule has 31 heavy (non-hydrogen) atoms. The molecule has 5 aromatic rings. The highest BCUT2D eigenvalue weighted by Crippen LogP contribution is 2.31. The van der Waals surface area contributed by atoms with E-state index in [1.165, 1.54) is 6.07 Å². The minimum absolute atomic E-state index is 0.231. The molecule has 0 saturated carbocycles. The van der Waals surface area contributed by atoms with Crippen LogP contribution in [0.4, 0.5) is 15.9 Å². The van der Waals surface area contributed by atoms with Crippen LogP contribution >= 0.6 is 11.3 Å². The van der Waals surface area contributed by atoms with Crippen LogP contribution in [0.15, 0.2) is 84.4 Å². The highest BCUT2D eigenvalue weighted by molar-refractivity contribution is 7.16. The van der Waals surface area contributed by atoms with Gasteiger partial charge in [-0.3, -0.25) is 0 Å². The Morgan fingerprint density at radius 3 is 2.55 bits per heavy atom. The number of fused-ring (bicyclic) bond motifs is 1. The lowest BCUT2D eigenvalue weighted by Gasteiger charge is -2.25. The standard InChI is InChI=1S/C25H19FN4S/c1-17-28-23(18-11-12-22-24(13-18)31-16-27-22)14-25(29-17)30(20-8-3-2-4-9-20)15-19-7-5-6-10-21(19)26/h2-14,16H,15H2,1H3. The Bertz CT molecular complexity index is 1350. The lowest BCUT2D eigenvalue weighted by Crippen LogP contribution is -2.19. The van der Waals surface area contributed by atoms with Crippen LogP contribution in [0.1, 0.15) is 11.4 Å². The highest BCUT2D eigenvalue weighted by atomic mass is 32.1. The van der Waals surface area contributed by atoms with Gasteiger partial charge in [0.25, 0.3) is 0 Å². The summed E-state index contributed by atoms with van der Waals surface area (Å²) in [6, 6.07) is 24.8. The van der Waals surface area contributed by atoms with E-state index >= 15 is 0 Å². The summed E-state index contributed by atoms with van der Waals surface area (Å²) in [7, 11) is 0. The van der Waals surface area contributed by atoms with Crippen molar-refractivity contribution in [2.45, 2.75) is 13.5 Å². The van der Waals surface area contributed by atoms with Crippen LogP contribution < -0.4 is 4.90 Å². The molecular formula is C25H19FN4S. The van der Waals surface area contributed by atoms with Gasteiger partial charge in [0.05, 0.1) is 28.0 Å². The summed E-state index contributed by atoms with van der Waals surface area (Å²) < 4.78 is 15.6. The maximum Gasteiger partial charge on any atom is 0.137 e. The molecule has 152 valence electrons. The van der Waals surface area contributed by atoms with E-state index in [0.717, 1.165) is 33.0 Å². The number of para-hydroxylation sites is 1. The van der Waals surface area contributed by atoms with Crippen molar-refractivity contribution >= 4 is 33.1 Å². The van der Waals surface area contributed by atoms with Gasteiger partial charge in [0.15, 0.2) is 0 Å². The predicted molar refractivity (Wildman–Crippen MR) is 124 cm³/mol. The van der Waals surface area contributed by atoms with Gasteiger partial charge >= 0.3 is 0 Å². The summed E-state index contributed by atoms with van der Waals surface area (Å²) in [5, 5.41) is 0. The largest absolute Gasteiger partial charge is 0.322 e. The number of hydrogen-bond acceptors (Lipinski definition) is 5. The second kappa shape index (κ2) is 8.24. The molecule has 0 amide bonds. The smallest absolute Gasteiger partial charge is 0.137 e. The SMILES string of the molecule is Cc1nc(-c2ccc3ncsc3c2)cc(N(Cc2ccccc2F)c2ccccc2)n1. The topological polar surface area (TPSA) is 41.9 Å². The zero-order valence-electron chi connectivity index (χ0n) is 16.9. The minimum atomic E-state index is -0.231. The quantitative estimate of drug-likeness (QED) is 0.320. The molecule has 2 heterocycles. The molecule has 0 atom stereocenters. The number of aryl methyl sites for hydroxylation is 1. The Labute approximate surface area is 183 Å². The zero-order valence-corrected chi connectivity index (χ0v) is 17.7. The van der Waals surface area contributed by atoms with E-state index in [4.69, 9.17) is 4.98 Å². The zero-order chi connectivity index (χ0) is 21.2. The van der Waals surface area contributed by atoms with E-state index in [0.29, 0.717) is 17.9 Å². The normalized spacial score (nSPS) is 11.0. The van der Waals surface area contributed by atoms with Crippen LogP contribution in [-0.4, -0.2) is 15.0 Å². The number of anilines is 2. The molecule has 0 aliphatic carbocycles. The number of thiazole rings is 1. The first-order chi connectivity index (χ1) is 15.2. The first-order valence-corrected chi connectivity index (χ1v) is 10.8. The number of aromatic nitrogens is 3. The van der Waals surface area contributed by atoms with Crippen molar-refractivity contribution in [3.8, 4) is 11.3 Å². The molecule has 0 N–H and O–H groups in total. The van der Waals surface area contributed by atoms with Crippen LogP contribution in [-0.2, 0) is 6.54 Å². The van der Waals surface area contributed by atoms with Crippen molar-refractivity contribution in [3.05, 3.63) is 102 Å². The van der Waals surface area contributed by atoms with Gasteiger partial charge in [-0.05, 0) is 37.3 Å². The number of halogens is 1. The Morgan fingerprint density at radius 1 is 0.903 bits per heavy atom. The number of benzene rings is 3. The molecular weight excluding hydrogens is 407 g/mol. The maximum atomic E-state index is 14.5. The minimum Gasteiger partial charge on any atom is -0.322 e. The van der Waals surface area contributed by atoms with Crippen molar-refractivity contribution in [2.24, 2.45) is 0 Å². The molecule has 0 aliphatic heterocycles. The van der Waals surface area contributed by atoms with Crippen molar-refractivity contribution in [1.82, 2.24) is 15.0 Å².